The first kappa shape index (κ1) is 16.6. The Morgan fingerprint density at radius 1 is 1.17 bits per heavy atom. The van der Waals surface area contributed by atoms with Gasteiger partial charge in [-0.2, -0.15) is 0 Å². The zero-order valence-electron chi connectivity index (χ0n) is 10.5. The first-order chi connectivity index (χ1) is 8.31. The molecule has 3 amide bonds. The molecule has 1 atom stereocenters. The van der Waals surface area contributed by atoms with Crippen molar-refractivity contribution in [2.24, 2.45) is 11.7 Å². The fourth-order valence-corrected chi connectivity index (χ4v) is 1.30. The third-order valence-corrected chi connectivity index (χ3v) is 2.54. The van der Waals surface area contributed by atoms with Gasteiger partial charge in [0.15, 0.2) is 0 Å². The van der Waals surface area contributed by atoms with Crippen LogP contribution in [0.4, 0.5) is 4.79 Å². The molecule has 8 heteroatoms. The van der Waals surface area contributed by atoms with Gasteiger partial charge in [0, 0.05) is 0 Å². The van der Waals surface area contributed by atoms with Crippen LogP contribution < -0.4 is 16.4 Å². The van der Waals surface area contributed by atoms with Gasteiger partial charge in [-0.1, -0.05) is 13.8 Å². The molecule has 0 aliphatic heterocycles. The summed E-state index contributed by atoms with van der Waals surface area (Å²) in [6.45, 7) is 1.49. The fraction of sp³-hybridized carbons (Fsp3) is 0.800. The van der Waals surface area contributed by atoms with Gasteiger partial charge in [0.2, 0.25) is 5.91 Å². The number of nitrogens with two attached hydrogens (primary N) is 1. The standard InChI is InChI=1S/C10H21N3O5/c1-6(2)7(12-9(11)18)8(17)13-10(3-14,4-15)5-16/h6-7,14-16H,3-5H2,1-2H3,(H,13,17)(H3,11,12,18). The highest BCUT2D eigenvalue weighted by molar-refractivity contribution is 5.87. The van der Waals surface area contributed by atoms with Gasteiger partial charge >= 0.3 is 6.03 Å². The molecule has 0 fully saturated rings. The summed E-state index contributed by atoms with van der Waals surface area (Å²) in [5, 5.41) is 31.8. The van der Waals surface area contributed by atoms with Crippen molar-refractivity contribution in [1.29, 1.82) is 0 Å². The van der Waals surface area contributed by atoms with Crippen molar-refractivity contribution in [3.05, 3.63) is 0 Å². The molecule has 0 radical (unpaired) electrons. The minimum atomic E-state index is -1.52. The van der Waals surface area contributed by atoms with Crippen LogP contribution in [0.1, 0.15) is 13.8 Å². The predicted octanol–water partition coefficient (Wildman–Crippen LogP) is -2.49. The third-order valence-electron chi connectivity index (χ3n) is 2.54. The molecule has 0 saturated heterocycles. The summed E-state index contributed by atoms with van der Waals surface area (Å²) in [7, 11) is 0. The molecule has 0 aromatic heterocycles. The highest BCUT2D eigenvalue weighted by Crippen LogP contribution is 2.06. The maximum atomic E-state index is 11.9. The lowest BCUT2D eigenvalue weighted by Gasteiger charge is -2.31. The number of primary amides is 1. The Morgan fingerprint density at radius 3 is 1.89 bits per heavy atom. The molecule has 0 heterocycles. The molecule has 0 aromatic rings. The summed E-state index contributed by atoms with van der Waals surface area (Å²) in [5.41, 5.74) is 3.43. The number of carbonyl (C=O) groups is 2. The molecular weight excluding hydrogens is 242 g/mol. The van der Waals surface area contributed by atoms with Crippen molar-refractivity contribution < 1.29 is 24.9 Å². The smallest absolute Gasteiger partial charge is 0.312 e. The molecule has 0 bridgehead atoms. The molecule has 0 saturated carbocycles. The van der Waals surface area contributed by atoms with Crippen LogP contribution in [0.15, 0.2) is 0 Å². The van der Waals surface area contributed by atoms with E-state index >= 15 is 0 Å². The minimum Gasteiger partial charge on any atom is -0.394 e. The zero-order chi connectivity index (χ0) is 14.3. The normalized spacial score (nSPS) is 13.2. The van der Waals surface area contributed by atoms with E-state index in [0.717, 1.165) is 0 Å². The van der Waals surface area contributed by atoms with E-state index in [1.54, 1.807) is 13.8 Å². The number of aliphatic hydroxyl groups excluding tert-OH is 3. The minimum absolute atomic E-state index is 0.244. The Balaban J connectivity index is 4.83. The van der Waals surface area contributed by atoms with Gasteiger partial charge in [-0.3, -0.25) is 4.79 Å². The average Bonchev–Trinajstić information content (AvgIpc) is 2.32. The number of aliphatic hydroxyl groups is 3. The van der Waals surface area contributed by atoms with Gasteiger partial charge in [0.25, 0.3) is 0 Å². The molecule has 106 valence electrons. The summed E-state index contributed by atoms with van der Waals surface area (Å²) in [6.07, 6.45) is 0. The second-order valence-electron chi connectivity index (χ2n) is 4.47. The number of hydrogen-bond acceptors (Lipinski definition) is 5. The largest absolute Gasteiger partial charge is 0.394 e. The number of hydrogen-bond donors (Lipinski definition) is 6. The van der Waals surface area contributed by atoms with Gasteiger partial charge in [0.1, 0.15) is 11.6 Å². The van der Waals surface area contributed by atoms with E-state index in [1.807, 2.05) is 0 Å². The lowest BCUT2D eigenvalue weighted by Crippen LogP contribution is -2.62. The lowest BCUT2D eigenvalue weighted by atomic mass is 9.99. The Bertz CT molecular complexity index is 283. The molecule has 8 nitrogen and oxygen atoms in total. The Labute approximate surface area is 105 Å². The highest BCUT2D eigenvalue weighted by Gasteiger charge is 2.34. The van der Waals surface area contributed by atoms with Crippen molar-refractivity contribution in [2.75, 3.05) is 19.8 Å². The van der Waals surface area contributed by atoms with Gasteiger partial charge in [-0.25, -0.2) is 4.79 Å². The predicted molar refractivity (Wildman–Crippen MR) is 63.5 cm³/mol. The van der Waals surface area contributed by atoms with E-state index in [9.17, 15) is 9.59 Å². The number of nitrogens with one attached hydrogen (secondary N) is 2. The molecule has 0 aromatic carbocycles. The molecule has 0 aliphatic carbocycles. The monoisotopic (exact) mass is 263 g/mol. The topological polar surface area (TPSA) is 145 Å². The number of carbonyl (C=O) groups excluding carboxylic acids is 2. The Hall–Kier alpha value is -1.38. The first-order valence-electron chi connectivity index (χ1n) is 5.52. The number of urea groups is 1. The van der Waals surface area contributed by atoms with Crippen molar-refractivity contribution in [1.82, 2.24) is 10.6 Å². The van der Waals surface area contributed by atoms with Crippen LogP contribution in [0.5, 0.6) is 0 Å². The quantitative estimate of drug-likeness (QED) is 0.301. The van der Waals surface area contributed by atoms with Gasteiger partial charge in [0.05, 0.1) is 19.8 Å². The number of amides is 3. The molecule has 7 N–H and O–H groups in total. The maximum absolute atomic E-state index is 11.9. The van der Waals surface area contributed by atoms with E-state index in [-0.39, 0.29) is 5.92 Å². The van der Waals surface area contributed by atoms with Crippen molar-refractivity contribution >= 4 is 11.9 Å². The van der Waals surface area contributed by atoms with Crippen LogP contribution in [0, 0.1) is 5.92 Å². The maximum Gasteiger partial charge on any atom is 0.312 e. The summed E-state index contributed by atoms with van der Waals surface area (Å²) in [6, 6.07) is -1.77. The van der Waals surface area contributed by atoms with Gasteiger partial charge in [-0.15, -0.1) is 0 Å². The summed E-state index contributed by atoms with van der Waals surface area (Å²) in [4.78, 5) is 22.7. The SMILES string of the molecule is CC(C)C(NC(N)=O)C(=O)NC(CO)(CO)CO. The van der Waals surface area contributed by atoms with E-state index in [4.69, 9.17) is 21.1 Å². The molecule has 0 aliphatic rings. The Kier molecular flexibility index (Phi) is 6.60. The van der Waals surface area contributed by atoms with Crippen LogP contribution in [0.3, 0.4) is 0 Å². The first-order valence-corrected chi connectivity index (χ1v) is 5.52. The summed E-state index contributed by atoms with van der Waals surface area (Å²) < 4.78 is 0. The molecule has 0 rings (SSSR count). The third kappa shape index (κ3) is 4.47. The summed E-state index contributed by atoms with van der Waals surface area (Å²) >= 11 is 0. The van der Waals surface area contributed by atoms with E-state index < -0.39 is 43.3 Å². The molecule has 0 spiro atoms. The van der Waals surface area contributed by atoms with Crippen LogP contribution in [-0.2, 0) is 4.79 Å². The van der Waals surface area contributed by atoms with E-state index in [1.165, 1.54) is 0 Å². The molecule has 18 heavy (non-hydrogen) atoms. The van der Waals surface area contributed by atoms with Crippen molar-refractivity contribution in [2.45, 2.75) is 25.4 Å². The van der Waals surface area contributed by atoms with Crippen LogP contribution in [-0.4, -0.2) is 58.7 Å². The van der Waals surface area contributed by atoms with Crippen LogP contribution in [0.2, 0.25) is 0 Å². The van der Waals surface area contributed by atoms with Crippen molar-refractivity contribution in [3.63, 3.8) is 0 Å². The van der Waals surface area contributed by atoms with Gasteiger partial charge in [-0.05, 0) is 5.92 Å². The molecular formula is C10H21N3O5. The average molecular weight is 263 g/mol. The van der Waals surface area contributed by atoms with Crippen LogP contribution >= 0.6 is 0 Å². The second-order valence-corrected chi connectivity index (χ2v) is 4.47. The Morgan fingerprint density at radius 2 is 1.61 bits per heavy atom. The zero-order valence-corrected chi connectivity index (χ0v) is 10.5. The van der Waals surface area contributed by atoms with Crippen molar-refractivity contribution in [3.8, 4) is 0 Å². The highest BCUT2D eigenvalue weighted by atomic mass is 16.3. The van der Waals surface area contributed by atoms with E-state index in [2.05, 4.69) is 10.6 Å². The summed E-state index contributed by atoms with van der Waals surface area (Å²) in [5.74, 6) is -0.882. The number of rotatable bonds is 7. The second kappa shape index (κ2) is 7.14. The van der Waals surface area contributed by atoms with E-state index in [0.29, 0.717) is 0 Å². The lowest BCUT2D eigenvalue weighted by molar-refractivity contribution is -0.128. The van der Waals surface area contributed by atoms with Gasteiger partial charge < -0.3 is 31.7 Å². The fourth-order valence-electron chi connectivity index (χ4n) is 1.30. The van der Waals surface area contributed by atoms with Crippen LogP contribution in [0.25, 0.3) is 0 Å². The molecule has 1 unspecified atom stereocenters.